The fourth-order valence-electron chi connectivity index (χ4n) is 2.70. The van der Waals surface area contributed by atoms with E-state index in [1.165, 1.54) is 0 Å². The molecule has 0 aromatic heterocycles. The summed E-state index contributed by atoms with van der Waals surface area (Å²) < 4.78 is 0. The van der Waals surface area contributed by atoms with Gasteiger partial charge in [-0.25, -0.2) is 0 Å². The molecule has 1 saturated carbocycles. The minimum absolute atomic E-state index is 0.0956. The topological polar surface area (TPSA) is 49.3 Å². The first kappa shape index (κ1) is 10.8. The Hall–Kier alpha value is -1.35. The predicted molar refractivity (Wildman–Crippen MR) is 64.3 cm³/mol. The van der Waals surface area contributed by atoms with Crippen molar-refractivity contribution >= 4 is 5.91 Å². The lowest BCUT2D eigenvalue weighted by molar-refractivity contribution is -0.124. The molecule has 0 saturated heterocycles. The molecule has 90 valence electrons. The molecule has 0 aliphatic heterocycles. The quantitative estimate of drug-likeness (QED) is 0.808. The molecule has 1 aromatic carbocycles. The molecular formula is C14H17NO2. The molecule has 2 aliphatic carbocycles. The first-order chi connectivity index (χ1) is 8.16. The molecule has 0 radical (unpaired) electrons. The molecule has 0 heterocycles. The van der Waals surface area contributed by atoms with Crippen LogP contribution < -0.4 is 5.32 Å². The number of nitrogens with one attached hydrogen (secondary N) is 1. The molecule has 3 nitrogen and oxygen atoms in total. The molecular weight excluding hydrogens is 214 g/mol. The number of carbonyl (C=O) groups excluding carboxylic acids is 1. The summed E-state index contributed by atoms with van der Waals surface area (Å²) in [4.78, 5) is 11.9. The fourth-order valence-corrected chi connectivity index (χ4v) is 2.70. The molecule has 0 spiro atoms. The molecule has 2 unspecified atom stereocenters. The third-order valence-corrected chi connectivity index (χ3v) is 3.95. The number of carbonyl (C=O) groups is 1. The average molecular weight is 231 g/mol. The Balaban J connectivity index is 1.77. The van der Waals surface area contributed by atoms with Crippen LogP contribution in [0.4, 0.5) is 0 Å². The van der Waals surface area contributed by atoms with E-state index in [0.717, 1.165) is 17.5 Å². The van der Waals surface area contributed by atoms with Gasteiger partial charge in [0, 0.05) is 12.3 Å². The van der Waals surface area contributed by atoms with Gasteiger partial charge in [-0.2, -0.15) is 0 Å². The van der Waals surface area contributed by atoms with Gasteiger partial charge in [-0.1, -0.05) is 31.2 Å². The van der Waals surface area contributed by atoms with E-state index in [2.05, 4.69) is 12.2 Å². The zero-order chi connectivity index (χ0) is 12.0. The Morgan fingerprint density at radius 3 is 2.82 bits per heavy atom. The van der Waals surface area contributed by atoms with Gasteiger partial charge in [0.15, 0.2) is 0 Å². The van der Waals surface area contributed by atoms with Crippen LogP contribution in [0.15, 0.2) is 24.3 Å². The number of amides is 1. The molecule has 17 heavy (non-hydrogen) atoms. The van der Waals surface area contributed by atoms with Crippen molar-refractivity contribution in [2.75, 3.05) is 0 Å². The van der Waals surface area contributed by atoms with Crippen molar-refractivity contribution in [2.45, 2.75) is 31.9 Å². The van der Waals surface area contributed by atoms with Crippen molar-refractivity contribution in [3.63, 3.8) is 0 Å². The second-order valence-electron chi connectivity index (χ2n) is 5.28. The van der Waals surface area contributed by atoms with E-state index in [1.807, 2.05) is 24.3 Å². The molecule has 2 N–H and O–H groups in total. The lowest BCUT2D eigenvalue weighted by Crippen LogP contribution is -2.35. The van der Waals surface area contributed by atoms with Crippen molar-refractivity contribution in [1.82, 2.24) is 5.32 Å². The smallest absolute Gasteiger partial charge is 0.223 e. The van der Waals surface area contributed by atoms with E-state index in [4.69, 9.17) is 0 Å². The zero-order valence-electron chi connectivity index (χ0n) is 9.89. The van der Waals surface area contributed by atoms with Gasteiger partial charge in [0.05, 0.1) is 12.1 Å². The summed E-state index contributed by atoms with van der Waals surface area (Å²) >= 11 is 0. The fraction of sp³-hybridized carbons (Fsp3) is 0.500. The molecule has 0 bridgehead atoms. The van der Waals surface area contributed by atoms with Gasteiger partial charge in [-0.3, -0.25) is 4.79 Å². The van der Waals surface area contributed by atoms with Crippen LogP contribution in [0, 0.1) is 11.8 Å². The van der Waals surface area contributed by atoms with E-state index < -0.39 is 6.10 Å². The van der Waals surface area contributed by atoms with Crippen LogP contribution in [0.3, 0.4) is 0 Å². The Labute approximate surface area is 101 Å². The van der Waals surface area contributed by atoms with E-state index in [-0.39, 0.29) is 17.9 Å². The SMILES string of the molecule is CC1CC1C(=O)N[C@H]1c2ccccc2C[C@H]1O. The molecule has 1 amide bonds. The minimum Gasteiger partial charge on any atom is -0.390 e. The van der Waals surface area contributed by atoms with E-state index >= 15 is 0 Å². The standard InChI is InChI=1S/C14H17NO2/c1-8-6-11(8)14(17)15-13-10-5-3-2-4-9(10)7-12(13)16/h2-5,8,11-13,16H,6-7H2,1H3,(H,15,17)/t8?,11?,12-,13+/m1/s1. The molecule has 3 heteroatoms. The lowest BCUT2D eigenvalue weighted by atomic mass is 10.1. The van der Waals surface area contributed by atoms with Crippen LogP contribution in [-0.2, 0) is 11.2 Å². The zero-order valence-corrected chi connectivity index (χ0v) is 9.89. The van der Waals surface area contributed by atoms with Crippen LogP contribution in [0.2, 0.25) is 0 Å². The van der Waals surface area contributed by atoms with Crippen molar-refractivity contribution in [1.29, 1.82) is 0 Å². The Kier molecular flexibility index (Phi) is 2.44. The second-order valence-corrected chi connectivity index (χ2v) is 5.28. The van der Waals surface area contributed by atoms with Crippen molar-refractivity contribution in [3.8, 4) is 0 Å². The Morgan fingerprint density at radius 2 is 2.12 bits per heavy atom. The monoisotopic (exact) mass is 231 g/mol. The number of rotatable bonds is 2. The minimum atomic E-state index is -0.481. The number of aliphatic hydroxyl groups excluding tert-OH is 1. The summed E-state index contributed by atoms with van der Waals surface area (Å²) in [6.07, 6.45) is 1.14. The second kappa shape index (κ2) is 3.84. The molecule has 1 aromatic rings. The molecule has 2 aliphatic rings. The van der Waals surface area contributed by atoms with Gasteiger partial charge in [0.1, 0.15) is 0 Å². The summed E-state index contributed by atoms with van der Waals surface area (Å²) in [5.74, 6) is 0.761. The Morgan fingerprint density at radius 1 is 1.41 bits per heavy atom. The maximum absolute atomic E-state index is 11.9. The number of hydrogen-bond donors (Lipinski definition) is 2. The predicted octanol–water partition coefficient (Wildman–Crippen LogP) is 1.42. The summed E-state index contributed by atoms with van der Waals surface area (Å²) in [6, 6.07) is 7.72. The van der Waals surface area contributed by atoms with E-state index in [0.29, 0.717) is 12.3 Å². The van der Waals surface area contributed by atoms with Crippen LogP contribution in [-0.4, -0.2) is 17.1 Å². The highest BCUT2D eigenvalue weighted by Gasteiger charge is 2.41. The third kappa shape index (κ3) is 1.84. The lowest BCUT2D eigenvalue weighted by Gasteiger charge is -2.17. The van der Waals surface area contributed by atoms with Gasteiger partial charge in [0.2, 0.25) is 5.91 Å². The summed E-state index contributed by atoms with van der Waals surface area (Å²) in [6.45, 7) is 2.09. The van der Waals surface area contributed by atoms with Crippen LogP contribution in [0.25, 0.3) is 0 Å². The van der Waals surface area contributed by atoms with Crippen LogP contribution in [0.1, 0.15) is 30.5 Å². The highest BCUT2D eigenvalue weighted by atomic mass is 16.3. The summed E-state index contributed by atoms with van der Waals surface area (Å²) in [5.41, 5.74) is 2.22. The largest absolute Gasteiger partial charge is 0.390 e. The highest BCUT2D eigenvalue weighted by Crippen LogP contribution is 2.39. The van der Waals surface area contributed by atoms with Gasteiger partial charge >= 0.3 is 0 Å². The van der Waals surface area contributed by atoms with Crippen molar-refractivity contribution < 1.29 is 9.90 Å². The van der Waals surface area contributed by atoms with E-state index in [9.17, 15) is 9.90 Å². The summed E-state index contributed by atoms with van der Waals surface area (Å²) in [7, 11) is 0. The summed E-state index contributed by atoms with van der Waals surface area (Å²) in [5, 5.41) is 13.0. The number of fused-ring (bicyclic) bond motifs is 1. The van der Waals surface area contributed by atoms with Gasteiger partial charge in [0.25, 0.3) is 0 Å². The van der Waals surface area contributed by atoms with Gasteiger partial charge in [-0.05, 0) is 23.5 Å². The first-order valence-corrected chi connectivity index (χ1v) is 6.23. The maximum atomic E-state index is 11.9. The van der Waals surface area contributed by atoms with Gasteiger partial charge in [-0.15, -0.1) is 0 Å². The van der Waals surface area contributed by atoms with E-state index in [1.54, 1.807) is 0 Å². The van der Waals surface area contributed by atoms with Crippen LogP contribution in [0.5, 0.6) is 0 Å². The molecule has 1 fully saturated rings. The van der Waals surface area contributed by atoms with Crippen molar-refractivity contribution in [3.05, 3.63) is 35.4 Å². The van der Waals surface area contributed by atoms with Crippen molar-refractivity contribution in [2.24, 2.45) is 11.8 Å². The number of aliphatic hydroxyl groups is 1. The maximum Gasteiger partial charge on any atom is 0.223 e. The first-order valence-electron chi connectivity index (χ1n) is 6.23. The normalized spacial score (nSPS) is 34.2. The number of hydrogen-bond acceptors (Lipinski definition) is 2. The third-order valence-electron chi connectivity index (χ3n) is 3.95. The molecule has 4 atom stereocenters. The highest BCUT2D eigenvalue weighted by molar-refractivity contribution is 5.82. The molecule has 3 rings (SSSR count). The Bertz CT molecular complexity index is 457. The number of benzene rings is 1. The van der Waals surface area contributed by atoms with Gasteiger partial charge < -0.3 is 10.4 Å². The van der Waals surface area contributed by atoms with Crippen LogP contribution >= 0.6 is 0 Å². The average Bonchev–Trinajstić information content (AvgIpc) is 2.96.